The van der Waals surface area contributed by atoms with Gasteiger partial charge in [0.25, 0.3) is 0 Å². The van der Waals surface area contributed by atoms with Crippen LogP contribution in [0.3, 0.4) is 0 Å². The van der Waals surface area contributed by atoms with Crippen LogP contribution in [0.25, 0.3) is 0 Å². The topological polar surface area (TPSA) is 30.5 Å². The zero-order valence-corrected chi connectivity index (χ0v) is 6.59. The molecule has 0 bridgehead atoms. The molecule has 0 aliphatic carbocycles. The lowest BCUT2D eigenvalue weighted by molar-refractivity contribution is -0.171. The molecule has 3 heteroatoms. The number of hydrogen-bond acceptors (Lipinski definition) is 3. The van der Waals surface area contributed by atoms with Gasteiger partial charge in [0.15, 0.2) is 6.29 Å². The molecule has 0 saturated carbocycles. The van der Waals surface area contributed by atoms with Crippen molar-refractivity contribution in [3.8, 4) is 0 Å². The van der Waals surface area contributed by atoms with Crippen LogP contribution in [0.4, 0.5) is 0 Å². The fraction of sp³-hybridized carbons (Fsp3) is 1.00. The highest BCUT2D eigenvalue weighted by Crippen LogP contribution is 2.01. The fourth-order valence-corrected chi connectivity index (χ4v) is 0.932. The van der Waals surface area contributed by atoms with Crippen molar-refractivity contribution in [1.29, 1.82) is 0 Å². The summed E-state index contributed by atoms with van der Waals surface area (Å²) in [6, 6.07) is 0. The molecule has 1 aliphatic rings. The molecule has 1 atom stereocenters. The van der Waals surface area contributed by atoms with Gasteiger partial charge in [-0.3, -0.25) is 0 Å². The van der Waals surface area contributed by atoms with Gasteiger partial charge in [-0.25, -0.2) is 0 Å². The first kappa shape index (κ1) is 7.98. The van der Waals surface area contributed by atoms with Crippen molar-refractivity contribution >= 4 is 0 Å². The van der Waals surface area contributed by atoms with Crippen molar-refractivity contribution in [2.45, 2.75) is 26.2 Å². The monoisotopic (exact) mass is 145 g/mol. The molecule has 0 aromatic heterocycles. The van der Waals surface area contributed by atoms with Crippen molar-refractivity contribution < 1.29 is 9.47 Å². The van der Waals surface area contributed by atoms with Gasteiger partial charge in [-0.1, -0.05) is 0 Å². The van der Waals surface area contributed by atoms with E-state index < -0.39 is 0 Å². The molecule has 1 N–H and O–H groups in total. The lowest BCUT2D eigenvalue weighted by atomic mass is 10.4. The van der Waals surface area contributed by atoms with E-state index in [2.05, 4.69) is 5.32 Å². The summed E-state index contributed by atoms with van der Waals surface area (Å²) in [6.45, 7) is 6.55. The first-order chi connectivity index (χ1) is 4.79. The smallest absolute Gasteiger partial charge is 0.170 e. The molecule has 60 valence electrons. The Balaban J connectivity index is 2.13. The standard InChI is InChI=1S/C7H15NO2/c1-6(2)10-7-5-8-3-4-9-7/h6-8H,3-5H2,1-2H3. The van der Waals surface area contributed by atoms with Crippen molar-refractivity contribution in [2.24, 2.45) is 0 Å². The van der Waals surface area contributed by atoms with E-state index in [1.165, 1.54) is 0 Å². The Morgan fingerprint density at radius 1 is 1.60 bits per heavy atom. The molecular formula is C7H15NO2. The third kappa shape index (κ3) is 2.64. The third-order valence-corrected chi connectivity index (χ3v) is 1.32. The quantitative estimate of drug-likeness (QED) is 0.608. The predicted molar refractivity (Wildman–Crippen MR) is 38.8 cm³/mol. The van der Waals surface area contributed by atoms with Gasteiger partial charge in [0.1, 0.15) is 0 Å². The summed E-state index contributed by atoms with van der Waals surface area (Å²) >= 11 is 0. The SMILES string of the molecule is CC(C)OC1CNCCO1. The van der Waals surface area contributed by atoms with Crippen LogP contribution in [0.2, 0.25) is 0 Å². The first-order valence-corrected chi connectivity index (χ1v) is 3.77. The Labute approximate surface area is 61.7 Å². The third-order valence-electron chi connectivity index (χ3n) is 1.32. The Bertz CT molecular complexity index is 89.6. The largest absolute Gasteiger partial charge is 0.350 e. The second-order valence-electron chi connectivity index (χ2n) is 2.69. The zero-order valence-electron chi connectivity index (χ0n) is 6.59. The van der Waals surface area contributed by atoms with E-state index in [0.717, 1.165) is 19.7 Å². The summed E-state index contributed by atoms with van der Waals surface area (Å²) in [4.78, 5) is 0. The minimum atomic E-state index is -0.0336. The van der Waals surface area contributed by atoms with Crippen molar-refractivity contribution in [3.63, 3.8) is 0 Å². The van der Waals surface area contributed by atoms with Gasteiger partial charge in [-0.2, -0.15) is 0 Å². The van der Waals surface area contributed by atoms with Crippen LogP contribution in [0.5, 0.6) is 0 Å². The second-order valence-corrected chi connectivity index (χ2v) is 2.69. The van der Waals surface area contributed by atoms with E-state index in [0.29, 0.717) is 0 Å². The van der Waals surface area contributed by atoms with E-state index in [9.17, 15) is 0 Å². The molecule has 1 aliphatic heterocycles. The molecule has 3 nitrogen and oxygen atoms in total. The van der Waals surface area contributed by atoms with Gasteiger partial charge in [0.2, 0.25) is 0 Å². The number of ether oxygens (including phenoxy) is 2. The van der Waals surface area contributed by atoms with Crippen LogP contribution in [0.1, 0.15) is 13.8 Å². The predicted octanol–water partition coefficient (Wildman–Crippen LogP) is 0.357. The molecule has 0 spiro atoms. The van der Waals surface area contributed by atoms with E-state index in [1.54, 1.807) is 0 Å². The van der Waals surface area contributed by atoms with E-state index in [-0.39, 0.29) is 12.4 Å². The molecule has 1 fully saturated rings. The maximum Gasteiger partial charge on any atom is 0.170 e. The molecule has 1 unspecified atom stereocenters. The van der Waals surface area contributed by atoms with Gasteiger partial charge < -0.3 is 14.8 Å². The molecule has 0 aromatic carbocycles. The summed E-state index contributed by atoms with van der Waals surface area (Å²) in [6.07, 6.45) is 0.221. The zero-order chi connectivity index (χ0) is 7.40. The van der Waals surface area contributed by atoms with Gasteiger partial charge >= 0.3 is 0 Å². The summed E-state index contributed by atoms with van der Waals surface area (Å²) in [5, 5.41) is 3.19. The Morgan fingerprint density at radius 3 is 2.90 bits per heavy atom. The van der Waals surface area contributed by atoms with Crippen LogP contribution in [-0.2, 0) is 9.47 Å². The van der Waals surface area contributed by atoms with Gasteiger partial charge in [-0.05, 0) is 13.8 Å². The molecule has 0 amide bonds. The van der Waals surface area contributed by atoms with Crippen molar-refractivity contribution in [1.82, 2.24) is 5.32 Å². The normalized spacial score (nSPS) is 27.3. The van der Waals surface area contributed by atoms with Gasteiger partial charge in [0.05, 0.1) is 12.7 Å². The van der Waals surface area contributed by atoms with E-state index >= 15 is 0 Å². The van der Waals surface area contributed by atoms with Crippen LogP contribution in [0, 0.1) is 0 Å². The molecule has 1 heterocycles. The van der Waals surface area contributed by atoms with Crippen LogP contribution >= 0.6 is 0 Å². The summed E-state index contributed by atoms with van der Waals surface area (Å²) in [5.41, 5.74) is 0. The highest BCUT2D eigenvalue weighted by atomic mass is 16.7. The van der Waals surface area contributed by atoms with Crippen LogP contribution in [0.15, 0.2) is 0 Å². The number of morpholine rings is 1. The van der Waals surface area contributed by atoms with Crippen LogP contribution < -0.4 is 5.32 Å². The van der Waals surface area contributed by atoms with Gasteiger partial charge in [0, 0.05) is 13.1 Å². The van der Waals surface area contributed by atoms with Crippen LogP contribution in [-0.4, -0.2) is 32.1 Å². The van der Waals surface area contributed by atoms with Crippen molar-refractivity contribution in [2.75, 3.05) is 19.7 Å². The average molecular weight is 145 g/mol. The second kappa shape index (κ2) is 3.91. The summed E-state index contributed by atoms with van der Waals surface area (Å²) in [5.74, 6) is 0. The van der Waals surface area contributed by atoms with Crippen molar-refractivity contribution in [3.05, 3.63) is 0 Å². The highest BCUT2D eigenvalue weighted by Gasteiger charge is 2.13. The number of nitrogens with one attached hydrogen (secondary N) is 1. The lowest BCUT2D eigenvalue weighted by Crippen LogP contribution is -2.41. The average Bonchev–Trinajstić information content (AvgIpc) is 1.88. The summed E-state index contributed by atoms with van der Waals surface area (Å²) < 4.78 is 10.7. The molecule has 0 aromatic rings. The Morgan fingerprint density at radius 2 is 2.40 bits per heavy atom. The maximum absolute atomic E-state index is 5.41. The van der Waals surface area contributed by atoms with E-state index in [1.807, 2.05) is 13.8 Å². The highest BCUT2D eigenvalue weighted by molar-refractivity contribution is 4.58. The Hall–Kier alpha value is -0.120. The molecule has 0 radical (unpaired) electrons. The fourth-order valence-electron chi connectivity index (χ4n) is 0.932. The first-order valence-electron chi connectivity index (χ1n) is 3.77. The van der Waals surface area contributed by atoms with Gasteiger partial charge in [-0.15, -0.1) is 0 Å². The minimum Gasteiger partial charge on any atom is -0.350 e. The Kier molecular flexibility index (Phi) is 3.12. The van der Waals surface area contributed by atoms with E-state index in [4.69, 9.17) is 9.47 Å². The lowest BCUT2D eigenvalue weighted by Gasteiger charge is -2.25. The molecule has 1 rings (SSSR count). The summed E-state index contributed by atoms with van der Waals surface area (Å²) in [7, 11) is 0. The molecule has 1 saturated heterocycles. The maximum atomic E-state index is 5.41. The number of hydrogen-bond donors (Lipinski definition) is 1. The molecular weight excluding hydrogens is 130 g/mol. The minimum absolute atomic E-state index is 0.0336. The molecule has 10 heavy (non-hydrogen) atoms. The number of rotatable bonds is 2.